The minimum absolute atomic E-state index is 0.885. The van der Waals surface area contributed by atoms with E-state index in [0.29, 0.717) is 0 Å². The van der Waals surface area contributed by atoms with Crippen molar-refractivity contribution >= 4 is 17.0 Å². The average Bonchev–Trinajstić information content (AvgIpc) is 2.86. The predicted octanol–water partition coefficient (Wildman–Crippen LogP) is 2.46. The van der Waals surface area contributed by atoms with Crippen LogP contribution in [0.15, 0.2) is 42.0 Å². The molecule has 0 aliphatic heterocycles. The molecule has 0 bridgehead atoms. The zero-order valence-electron chi connectivity index (χ0n) is 7.29. The largest absolute Gasteiger partial charge is 0.226 e. The minimum Gasteiger partial charge on any atom is -0.226 e. The van der Waals surface area contributed by atoms with Crippen LogP contribution in [0.1, 0.15) is 0 Å². The van der Waals surface area contributed by atoms with Crippen LogP contribution in [0.3, 0.4) is 0 Å². The first-order valence-electron chi connectivity index (χ1n) is 4.28. The first-order chi connectivity index (χ1) is 6.93. The van der Waals surface area contributed by atoms with E-state index in [1.165, 1.54) is 4.88 Å². The summed E-state index contributed by atoms with van der Waals surface area (Å²) in [5.41, 5.74) is 1.87. The van der Waals surface area contributed by atoms with Crippen LogP contribution >= 0.6 is 11.3 Å². The monoisotopic (exact) mass is 201 g/mol. The Labute approximate surface area is 84.7 Å². The Morgan fingerprint density at radius 3 is 3.00 bits per heavy atom. The maximum absolute atomic E-state index is 4.47. The zero-order chi connectivity index (χ0) is 9.38. The first-order valence-corrected chi connectivity index (χ1v) is 5.16. The van der Waals surface area contributed by atoms with Crippen molar-refractivity contribution in [2.24, 2.45) is 0 Å². The topological polar surface area (TPSA) is 30.2 Å². The number of hydrogen-bond donors (Lipinski definition) is 0. The normalized spacial score (nSPS) is 10.9. The number of nitrogens with zero attached hydrogens (tertiary/aromatic N) is 3. The lowest BCUT2D eigenvalue weighted by Gasteiger charge is -1.85. The van der Waals surface area contributed by atoms with E-state index in [4.69, 9.17) is 0 Å². The van der Waals surface area contributed by atoms with Gasteiger partial charge in [-0.25, -0.2) is 9.50 Å². The molecule has 4 heteroatoms. The molecule has 0 aliphatic carbocycles. The lowest BCUT2D eigenvalue weighted by Crippen LogP contribution is -1.85. The predicted molar refractivity (Wildman–Crippen MR) is 56.3 cm³/mol. The van der Waals surface area contributed by atoms with Gasteiger partial charge in [0.2, 0.25) is 0 Å². The second-order valence-corrected chi connectivity index (χ2v) is 3.88. The third-order valence-corrected chi connectivity index (χ3v) is 2.90. The van der Waals surface area contributed by atoms with Gasteiger partial charge >= 0.3 is 0 Å². The van der Waals surface area contributed by atoms with Gasteiger partial charge in [0.05, 0.1) is 11.1 Å². The van der Waals surface area contributed by atoms with Gasteiger partial charge < -0.3 is 0 Å². The van der Waals surface area contributed by atoms with Crippen molar-refractivity contribution in [3.8, 4) is 10.6 Å². The van der Waals surface area contributed by atoms with E-state index >= 15 is 0 Å². The molecule has 14 heavy (non-hydrogen) atoms. The highest BCUT2D eigenvalue weighted by Crippen LogP contribution is 2.23. The number of thiophene rings is 1. The lowest BCUT2D eigenvalue weighted by molar-refractivity contribution is 0.936. The summed E-state index contributed by atoms with van der Waals surface area (Å²) in [6, 6.07) is 7.93. The van der Waals surface area contributed by atoms with Crippen LogP contribution in [0.5, 0.6) is 0 Å². The standard InChI is InChI=1S/C10H7N3S/c1-4-10-12-8(7-13(10)11-5-1)9-3-2-6-14-9/h1-7H. The van der Waals surface area contributed by atoms with Gasteiger partial charge in [-0.05, 0) is 23.6 Å². The molecule has 0 saturated carbocycles. The fourth-order valence-electron chi connectivity index (χ4n) is 1.37. The molecular weight excluding hydrogens is 194 g/mol. The van der Waals surface area contributed by atoms with Gasteiger partial charge in [0.25, 0.3) is 0 Å². The van der Waals surface area contributed by atoms with Crippen molar-refractivity contribution in [1.82, 2.24) is 14.6 Å². The molecule has 3 heterocycles. The number of imidazole rings is 1. The molecule has 0 radical (unpaired) electrons. The number of aromatic nitrogens is 3. The van der Waals surface area contributed by atoms with E-state index in [1.807, 2.05) is 29.8 Å². The summed E-state index contributed by atoms with van der Waals surface area (Å²) in [5, 5.41) is 6.22. The second-order valence-electron chi connectivity index (χ2n) is 2.93. The molecule has 0 saturated heterocycles. The van der Waals surface area contributed by atoms with Crippen LogP contribution in [0, 0.1) is 0 Å². The summed E-state index contributed by atoms with van der Waals surface area (Å²) in [5.74, 6) is 0. The molecule has 3 rings (SSSR count). The third kappa shape index (κ3) is 1.12. The van der Waals surface area contributed by atoms with Crippen molar-refractivity contribution in [3.63, 3.8) is 0 Å². The van der Waals surface area contributed by atoms with Crippen LogP contribution in [-0.4, -0.2) is 14.6 Å². The smallest absolute Gasteiger partial charge is 0.154 e. The van der Waals surface area contributed by atoms with Crippen molar-refractivity contribution < 1.29 is 0 Å². The molecule has 0 unspecified atom stereocenters. The van der Waals surface area contributed by atoms with Crippen LogP contribution in [0.25, 0.3) is 16.2 Å². The van der Waals surface area contributed by atoms with Gasteiger partial charge in [-0.15, -0.1) is 11.3 Å². The molecule has 0 aliphatic rings. The van der Waals surface area contributed by atoms with E-state index in [9.17, 15) is 0 Å². The van der Waals surface area contributed by atoms with E-state index in [1.54, 1.807) is 22.0 Å². The summed E-state index contributed by atoms with van der Waals surface area (Å²) in [6.07, 6.45) is 3.70. The van der Waals surface area contributed by atoms with Crippen molar-refractivity contribution in [1.29, 1.82) is 0 Å². The molecule has 0 spiro atoms. The molecule has 0 amide bonds. The number of rotatable bonds is 1. The van der Waals surface area contributed by atoms with E-state index in [0.717, 1.165) is 11.3 Å². The Hall–Kier alpha value is -1.68. The van der Waals surface area contributed by atoms with Crippen molar-refractivity contribution in [2.45, 2.75) is 0 Å². The van der Waals surface area contributed by atoms with Gasteiger partial charge in [-0.1, -0.05) is 6.07 Å². The highest BCUT2D eigenvalue weighted by molar-refractivity contribution is 7.13. The fraction of sp³-hybridized carbons (Fsp3) is 0. The summed E-state index contributed by atoms with van der Waals surface area (Å²) >= 11 is 1.69. The van der Waals surface area contributed by atoms with Gasteiger partial charge in [0, 0.05) is 6.20 Å². The summed E-state index contributed by atoms with van der Waals surface area (Å²) in [6.45, 7) is 0. The number of hydrogen-bond acceptors (Lipinski definition) is 3. The Morgan fingerprint density at radius 2 is 2.21 bits per heavy atom. The van der Waals surface area contributed by atoms with Crippen LogP contribution < -0.4 is 0 Å². The highest BCUT2D eigenvalue weighted by atomic mass is 32.1. The van der Waals surface area contributed by atoms with Crippen LogP contribution in [0.4, 0.5) is 0 Å². The molecule has 3 nitrogen and oxygen atoms in total. The first kappa shape index (κ1) is 7.70. The summed E-state index contributed by atoms with van der Waals surface area (Å²) in [7, 11) is 0. The van der Waals surface area contributed by atoms with E-state index < -0.39 is 0 Å². The SMILES string of the molecule is c1csc(-c2cn3ncccc3n2)c1. The average molecular weight is 201 g/mol. The van der Waals surface area contributed by atoms with Crippen molar-refractivity contribution in [2.75, 3.05) is 0 Å². The molecule has 3 aromatic rings. The molecule has 0 N–H and O–H groups in total. The summed E-state index contributed by atoms with van der Waals surface area (Å²) in [4.78, 5) is 5.64. The maximum atomic E-state index is 4.47. The molecule has 0 atom stereocenters. The second kappa shape index (κ2) is 2.92. The van der Waals surface area contributed by atoms with Gasteiger partial charge in [0.15, 0.2) is 5.65 Å². The maximum Gasteiger partial charge on any atom is 0.154 e. The molecular formula is C10H7N3S. The van der Waals surface area contributed by atoms with E-state index in [2.05, 4.69) is 16.1 Å². The zero-order valence-corrected chi connectivity index (χ0v) is 8.11. The molecule has 0 fully saturated rings. The quantitative estimate of drug-likeness (QED) is 0.605. The Morgan fingerprint density at radius 1 is 1.21 bits per heavy atom. The Bertz CT molecular complexity index is 521. The highest BCUT2D eigenvalue weighted by Gasteiger charge is 2.04. The molecule has 68 valence electrons. The fourth-order valence-corrected chi connectivity index (χ4v) is 2.05. The minimum atomic E-state index is 0.885. The molecule has 3 aromatic heterocycles. The third-order valence-electron chi connectivity index (χ3n) is 2.01. The van der Waals surface area contributed by atoms with Crippen LogP contribution in [-0.2, 0) is 0 Å². The Kier molecular flexibility index (Phi) is 1.61. The van der Waals surface area contributed by atoms with Gasteiger partial charge in [-0.3, -0.25) is 0 Å². The lowest BCUT2D eigenvalue weighted by atomic mass is 10.4. The number of fused-ring (bicyclic) bond motifs is 1. The summed E-state index contributed by atoms with van der Waals surface area (Å²) < 4.78 is 1.79. The van der Waals surface area contributed by atoms with Crippen molar-refractivity contribution in [3.05, 3.63) is 42.0 Å². The Balaban J connectivity index is 2.24. The van der Waals surface area contributed by atoms with Gasteiger partial charge in [0.1, 0.15) is 5.69 Å². The molecule has 0 aromatic carbocycles. The van der Waals surface area contributed by atoms with E-state index in [-0.39, 0.29) is 0 Å². The van der Waals surface area contributed by atoms with Crippen LogP contribution in [0.2, 0.25) is 0 Å². The van der Waals surface area contributed by atoms with Gasteiger partial charge in [-0.2, -0.15) is 5.10 Å².